The normalized spacial score (nSPS) is 25.1. The minimum absolute atomic E-state index is 0.0571. The van der Waals surface area contributed by atoms with E-state index < -0.39 is 13.1 Å². The van der Waals surface area contributed by atoms with Gasteiger partial charge in [-0.1, -0.05) is 50.7 Å². The van der Waals surface area contributed by atoms with E-state index in [0.29, 0.717) is 24.7 Å². The van der Waals surface area contributed by atoms with Gasteiger partial charge in [0, 0.05) is 18.7 Å². The SMILES string of the molecule is O=C(CC1CCCC(CNCCCC2CCCC2)C1)C[C@H]1Cc2cccc(C(=O)O)c2OB1O. The summed E-state index contributed by atoms with van der Waals surface area (Å²) in [6.07, 6.45) is 14.3. The van der Waals surface area contributed by atoms with Crippen LogP contribution in [-0.4, -0.2) is 42.1 Å². The van der Waals surface area contributed by atoms with E-state index in [4.69, 9.17) is 4.65 Å². The molecule has 0 aromatic heterocycles. The predicted octanol–water partition coefficient (Wildman–Crippen LogP) is 4.89. The summed E-state index contributed by atoms with van der Waals surface area (Å²) in [6, 6.07) is 4.98. The quantitative estimate of drug-likeness (QED) is 0.316. The number of carbonyl (C=O) groups excluding carboxylic acids is 1. The lowest BCUT2D eigenvalue weighted by atomic mass is 9.64. The van der Waals surface area contributed by atoms with Crippen molar-refractivity contribution >= 4 is 18.9 Å². The van der Waals surface area contributed by atoms with Crippen LogP contribution in [0.25, 0.3) is 0 Å². The largest absolute Gasteiger partial charge is 0.535 e. The summed E-state index contributed by atoms with van der Waals surface area (Å²) in [6.45, 7) is 2.18. The number of rotatable bonds is 11. The van der Waals surface area contributed by atoms with E-state index >= 15 is 0 Å². The van der Waals surface area contributed by atoms with Crippen molar-refractivity contribution in [1.29, 1.82) is 0 Å². The number of hydrogen-bond donors (Lipinski definition) is 3. The molecule has 2 unspecified atom stereocenters. The molecule has 186 valence electrons. The van der Waals surface area contributed by atoms with E-state index in [2.05, 4.69) is 5.32 Å². The molecule has 3 aliphatic rings. The number of Topliss-reactive ketones (excluding diaryl/α,β-unsaturated/α-hetero) is 1. The van der Waals surface area contributed by atoms with E-state index in [0.717, 1.165) is 37.4 Å². The minimum atomic E-state index is -1.15. The molecule has 4 rings (SSSR count). The third kappa shape index (κ3) is 6.85. The highest BCUT2D eigenvalue weighted by Crippen LogP contribution is 2.37. The number of hydrogen-bond acceptors (Lipinski definition) is 5. The Morgan fingerprint density at radius 3 is 2.59 bits per heavy atom. The smallest absolute Gasteiger partial charge is 0.526 e. The fourth-order valence-corrected chi connectivity index (χ4v) is 6.42. The van der Waals surface area contributed by atoms with Crippen LogP contribution in [0.2, 0.25) is 5.82 Å². The highest BCUT2D eigenvalue weighted by molar-refractivity contribution is 6.47. The maximum absolute atomic E-state index is 12.9. The molecular formula is C27H40BNO5. The van der Waals surface area contributed by atoms with Crippen molar-refractivity contribution in [2.24, 2.45) is 17.8 Å². The summed E-state index contributed by atoms with van der Waals surface area (Å²) in [5.74, 6) is 1.06. The minimum Gasteiger partial charge on any atom is -0.535 e. The summed E-state index contributed by atoms with van der Waals surface area (Å²) in [5.41, 5.74) is 0.807. The molecule has 7 heteroatoms. The van der Waals surface area contributed by atoms with Crippen LogP contribution in [0.5, 0.6) is 5.75 Å². The summed E-state index contributed by atoms with van der Waals surface area (Å²) >= 11 is 0. The summed E-state index contributed by atoms with van der Waals surface area (Å²) < 4.78 is 5.56. The van der Waals surface area contributed by atoms with Gasteiger partial charge in [0.1, 0.15) is 11.5 Å². The van der Waals surface area contributed by atoms with Crippen LogP contribution in [-0.2, 0) is 11.2 Å². The first-order valence-corrected chi connectivity index (χ1v) is 13.4. The monoisotopic (exact) mass is 469 g/mol. The van der Waals surface area contributed by atoms with Gasteiger partial charge in [-0.05, 0) is 74.6 Å². The predicted molar refractivity (Wildman–Crippen MR) is 133 cm³/mol. The van der Waals surface area contributed by atoms with Gasteiger partial charge in [-0.15, -0.1) is 0 Å². The molecular weight excluding hydrogens is 429 g/mol. The highest BCUT2D eigenvalue weighted by Gasteiger charge is 2.38. The number of ketones is 1. The first-order chi connectivity index (χ1) is 16.5. The van der Waals surface area contributed by atoms with Crippen LogP contribution in [0, 0.1) is 17.8 Å². The molecule has 6 nitrogen and oxygen atoms in total. The molecule has 0 radical (unpaired) electrons. The van der Waals surface area contributed by atoms with Crippen LogP contribution < -0.4 is 9.97 Å². The van der Waals surface area contributed by atoms with Crippen molar-refractivity contribution < 1.29 is 24.4 Å². The van der Waals surface area contributed by atoms with Crippen LogP contribution in [0.15, 0.2) is 18.2 Å². The topological polar surface area (TPSA) is 95.9 Å². The van der Waals surface area contributed by atoms with E-state index in [1.165, 1.54) is 57.4 Å². The first kappa shape index (κ1) is 25.2. The van der Waals surface area contributed by atoms with E-state index in [1.54, 1.807) is 6.07 Å². The van der Waals surface area contributed by atoms with Gasteiger partial charge >= 0.3 is 13.1 Å². The Kier molecular flexibility index (Phi) is 9.07. The number of carboxylic acids is 1. The Bertz CT molecular complexity index is 840. The maximum Gasteiger partial charge on any atom is 0.526 e. The second kappa shape index (κ2) is 12.2. The lowest BCUT2D eigenvalue weighted by Crippen LogP contribution is -2.36. The number of carbonyl (C=O) groups is 2. The zero-order valence-electron chi connectivity index (χ0n) is 20.3. The van der Waals surface area contributed by atoms with Gasteiger partial charge in [-0.25, -0.2) is 4.79 Å². The molecule has 2 fully saturated rings. The average Bonchev–Trinajstić information content (AvgIpc) is 3.33. The molecule has 0 amide bonds. The summed E-state index contributed by atoms with van der Waals surface area (Å²) in [5, 5.41) is 23.5. The average molecular weight is 469 g/mol. The van der Waals surface area contributed by atoms with Gasteiger partial charge in [-0.3, -0.25) is 4.79 Å². The van der Waals surface area contributed by atoms with Crippen molar-refractivity contribution in [3.63, 3.8) is 0 Å². The standard InChI is InChI=1S/C27H40BNO5/c30-24(17-23-16-22-11-4-12-25(27(31)32)26(22)34-28(23)33)15-20-8-3-9-21(14-20)18-29-13-5-10-19-6-1-2-7-19/h4,11-12,19-21,23,29,33H,1-3,5-10,13-18H2,(H,31,32)/t20?,21?,23-/m1/s1. The van der Waals surface area contributed by atoms with E-state index in [9.17, 15) is 19.7 Å². The molecule has 1 aliphatic heterocycles. The van der Waals surface area contributed by atoms with Gasteiger partial charge < -0.3 is 20.1 Å². The van der Waals surface area contributed by atoms with Crippen molar-refractivity contribution in [2.45, 2.75) is 89.3 Å². The van der Waals surface area contributed by atoms with Crippen LogP contribution >= 0.6 is 0 Å². The third-order valence-corrected chi connectivity index (χ3v) is 8.22. The lowest BCUT2D eigenvalue weighted by molar-refractivity contribution is -0.120. The van der Waals surface area contributed by atoms with Gasteiger partial charge in [0.2, 0.25) is 0 Å². The molecule has 1 aromatic rings. The molecule has 0 spiro atoms. The van der Waals surface area contributed by atoms with E-state index in [1.807, 2.05) is 6.07 Å². The first-order valence-electron chi connectivity index (χ1n) is 13.4. The van der Waals surface area contributed by atoms with Crippen LogP contribution in [0.1, 0.15) is 93.0 Å². The number of fused-ring (bicyclic) bond motifs is 1. The molecule has 34 heavy (non-hydrogen) atoms. The van der Waals surface area contributed by atoms with Gasteiger partial charge in [0.15, 0.2) is 0 Å². The van der Waals surface area contributed by atoms with E-state index in [-0.39, 0.29) is 29.3 Å². The van der Waals surface area contributed by atoms with Crippen LogP contribution in [0.4, 0.5) is 0 Å². The van der Waals surface area contributed by atoms with Gasteiger partial charge in [0.25, 0.3) is 0 Å². The zero-order valence-corrected chi connectivity index (χ0v) is 20.3. The molecule has 0 bridgehead atoms. The zero-order chi connectivity index (χ0) is 23.9. The number of carboxylic acid groups (broad SMARTS) is 1. The number of aromatic carboxylic acids is 1. The molecule has 2 saturated carbocycles. The molecule has 3 atom stereocenters. The van der Waals surface area contributed by atoms with Crippen molar-refractivity contribution in [3.05, 3.63) is 29.3 Å². The fraction of sp³-hybridized carbons (Fsp3) is 0.704. The molecule has 0 saturated heterocycles. The van der Waals surface area contributed by atoms with Crippen molar-refractivity contribution in [1.82, 2.24) is 5.32 Å². The lowest BCUT2D eigenvalue weighted by Gasteiger charge is -2.30. The molecule has 2 aliphatic carbocycles. The Hall–Kier alpha value is -1.86. The van der Waals surface area contributed by atoms with Gasteiger partial charge in [-0.2, -0.15) is 0 Å². The van der Waals surface area contributed by atoms with Gasteiger partial charge in [0.05, 0.1) is 5.56 Å². The Morgan fingerprint density at radius 1 is 1.03 bits per heavy atom. The number of benzene rings is 1. The Balaban J connectivity index is 1.18. The molecule has 1 aromatic carbocycles. The number of nitrogens with one attached hydrogen (secondary N) is 1. The van der Waals surface area contributed by atoms with Crippen molar-refractivity contribution in [3.8, 4) is 5.75 Å². The second-order valence-electron chi connectivity index (χ2n) is 10.9. The Labute approximate surface area is 204 Å². The highest BCUT2D eigenvalue weighted by atomic mass is 16.5. The summed E-state index contributed by atoms with van der Waals surface area (Å²) in [4.78, 5) is 24.3. The second-order valence-corrected chi connectivity index (χ2v) is 10.9. The Morgan fingerprint density at radius 2 is 1.79 bits per heavy atom. The third-order valence-electron chi connectivity index (χ3n) is 8.22. The fourth-order valence-electron chi connectivity index (χ4n) is 6.42. The van der Waals surface area contributed by atoms with Crippen molar-refractivity contribution in [2.75, 3.05) is 13.1 Å². The van der Waals surface area contributed by atoms with Crippen LogP contribution in [0.3, 0.4) is 0 Å². The molecule has 3 N–H and O–H groups in total. The molecule has 1 heterocycles. The summed E-state index contributed by atoms with van der Waals surface area (Å²) in [7, 11) is -1.15. The maximum atomic E-state index is 12.9. The number of para-hydroxylation sites is 1.